The Balaban J connectivity index is 1.69. The molecular formula is C22H25F2N3. The van der Waals surface area contributed by atoms with Crippen molar-refractivity contribution in [3.63, 3.8) is 0 Å². The van der Waals surface area contributed by atoms with Gasteiger partial charge < -0.3 is 10.6 Å². The third-order valence-electron chi connectivity index (χ3n) is 5.36. The average molecular weight is 369 g/mol. The number of rotatable bonds is 6. The van der Waals surface area contributed by atoms with Crippen molar-refractivity contribution in [2.45, 2.75) is 31.0 Å². The number of nitrogens with one attached hydrogen (secondary N) is 2. The lowest BCUT2D eigenvalue weighted by molar-refractivity contribution is 0.142. The summed E-state index contributed by atoms with van der Waals surface area (Å²) in [5.74, 6) is -0.512. The van der Waals surface area contributed by atoms with Crippen molar-refractivity contribution < 1.29 is 8.78 Å². The van der Waals surface area contributed by atoms with Crippen LogP contribution >= 0.6 is 0 Å². The quantitative estimate of drug-likeness (QED) is 0.815. The maximum atomic E-state index is 13.5. The van der Waals surface area contributed by atoms with Crippen molar-refractivity contribution in [2.75, 3.05) is 19.6 Å². The minimum absolute atomic E-state index is 0.0870. The summed E-state index contributed by atoms with van der Waals surface area (Å²) >= 11 is 0. The summed E-state index contributed by atoms with van der Waals surface area (Å²) in [6.45, 7) is 6.79. The summed E-state index contributed by atoms with van der Waals surface area (Å²) in [7, 11) is 0. The Kier molecular flexibility index (Phi) is 5.23. The minimum atomic E-state index is -0.256. The molecule has 2 aliphatic rings. The summed E-state index contributed by atoms with van der Waals surface area (Å²) in [4.78, 5) is 2.38. The molecule has 1 heterocycles. The van der Waals surface area contributed by atoms with Crippen LogP contribution in [-0.2, 0) is 0 Å². The van der Waals surface area contributed by atoms with Crippen molar-refractivity contribution in [1.82, 2.24) is 15.5 Å². The molecule has 0 spiro atoms. The zero-order valence-corrected chi connectivity index (χ0v) is 15.3. The standard InChI is InChI=1S/C22H25F2N3/c1-15(26-20-10-11-20)21-14-25-12-13-27(21)22(16-2-6-18(23)7-3-16)17-4-8-19(24)9-5-17/h2-9,20-22,25-26H,1,10-14H2. The molecule has 0 bridgehead atoms. The minimum Gasteiger partial charge on any atom is -0.385 e. The van der Waals surface area contributed by atoms with Crippen LogP contribution in [0, 0.1) is 11.6 Å². The molecule has 1 aliphatic heterocycles. The molecule has 2 fully saturated rings. The zero-order chi connectivity index (χ0) is 18.8. The van der Waals surface area contributed by atoms with Crippen molar-refractivity contribution in [3.8, 4) is 0 Å². The predicted molar refractivity (Wildman–Crippen MR) is 103 cm³/mol. The second-order valence-electron chi connectivity index (χ2n) is 7.41. The van der Waals surface area contributed by atoms with Gasteiger partial charge >= 0.3 is 0 Å². The highest BCUT2D eigenvalue weighted by atomic mass is 19.1. The highest BCUT2D eigenvalue weighted by molar-refractivity contribution is 5.33. The summed E-state index contributed by atoms with van der Waals surface area (Å²) in [6.07, 6.45) is 2.39. The molecule has 2 N–H and O–H groups in total. The highest BCUT2D eigenvalue weighted by Crippen LogP contribution is 2.33. The maximum Gasteiger partial charge on any atom is 0.123 e. The van der Waals surface area contributed by atoms with Gasteiger partial charge in [0.05, 0.1) is 12.1 Å². The SMILES string of the molecule is C=C(NC1CC1)C1CNCCN1C(c1ccc(F)cc1)c1ccc(F)cc1. The fourth-order valence-electron chi connectivity index (χ4n) is 3.80. The van der Waals surface area contributed by atoms with E-state index in [9.17, 15) is 8.78 Å². The molecule has 2 aromatic rings. The van der Waals surface area contributed by atoms with Gasteiger partial charge in [-0.2, -0.15) is 0 Å². The Bertz CT molecular complexity index is 739. The van der Waals surface area contributed by atoms with Crippen LogP contribution in [0.2, 0.25) is 0 Å². The average Bonchev–Trinajstić information content (AvgIpc) is 3.49. The Labute approximate surface area is 159 Å². The van der Waals surface area contributed by atoms with E-state index in [4.69, 9.17) is 0 Å². The maximum absolute atomic E-state index is 13.5. The van der Waals surface area contributed by atoms with E-state index >= 15 is 0 Å². The lowest BCUT2D eigenvalue weighted by Gasteiger charge is -2.43. The summed E-state index contributed by atoms with van der Waals surface area (Å²) < 4.78 is 27.0. The molecule has 0 amide bonds. The predicted octanol–water partition coefficient (Wildman–Crippen LogP) is 3.59. The molecule has 0 aromatic heterocycles. The van der Waals surface area contributed by atoms with Gasteiger partial charge in [0.15, 0.2) is 0 Å². The van der Waals surface area contributed by atoms with Crippen LogP contribution in [-0.4, -0.2) is 36.6 Å². The van der Waals surface area contributed by atoms with Gasteiger partial charge in [0.25, 0.3) is 0 Å². The topological polar surface area (TPSA) is 27.3 Å². The second kappa shape index (κ2) is 7.79. The normalized spacial score (nSPS) is 20.6. The lowest BCUT2D eigenvalue weighted by Crippen LogP contribution is -2.55. The zero-order valence-electron chi connectivity index (χ0n) is 15.3. The molecule has 1 atom stereocenters. The highest BCUT2D eigenvalue weighted by Gasteiger charge is 2.34. The van der Waals surface area contributed by atoms with Gasteiger partial charge in [0, 0.05) is 31.4 Å². The van der Waals surface area contributed by atoms with E-state index in [1.165, 1.54) is 37.1 Å². The van der Waals surface area contributed by atoms with E-state index in [1.807, 2.05) is 24.3 Å². The van der Waals surface area contributed by atoms with Crippen LogP contribution in [0.5, 0.6) is 0 Å². The summed E-state index contributed by atoms with van der Waals surface area (Å²) in [5.41, 5.74) is 3.00. The van der Waals surface area contributed by atoms with Crippen LogP contribution in [0.25, 0.3) is 0 Å². The molecule has 1 saturated heterocycles. The molecule has 0 radical (unpaired) electrons. The van der Waals surface area contributed by atoms with Gasteiger partial charge in [-0.1, -0.05) is 30.8 Å². The van der Waals surface area contributed by atoms with Crippen LogP contribution < -0.4 is 10.6 Å². The third kappa shape index (κ3) is 4.20. The number of piperazine rings is 1. The number of hydrogen-bond donors (Lipinski definition) is 2. The van der Waals surface area contributed by atoms with Crippen molar-refractivity contribution >= 4 is 0 Å². The number of hydrogen-bond acceptors (Lipinski definition) is 3. The van der Waals surface area contributed by atoms with Crippen molar-refractivity contribution in [1.29, 1.82) is 0 Å². The molecule has 2 aromatic carbocycles. The second-order valence-corrected chi connectivity index (χ2v) is 7.41. The van der Waals surface area contributed by atoms with Crippen molar-refractivity contribution in [3.05, 3.63) is 83.6 Å². The van der Waals surface area contributed by atoms with Gasteiger partial charge in [0.1, 0.15) is 11.6 Å². The third-order valence-corrected chi connectivity index (χ3v) is 5.36. The summed E-state index contributed by atoms with van der Waals surface area (Å²) in [5, 5.41) is 6.99. The van der Waals surface area contributed by atoms with E-state index in [1.54, 1.807) is 0 Å². The van der Waals surface area contributed by atoms with Crippen LogP contribution in [0.1, 0.15) is 30.0 Å². The first-order valence-electron chi connectivity index (χ1n) is 9.54. The Hall–Kier alpha value is -2.24. The van der Waals surface area contributed by atoms with Gasteiger partial charge in [-0.05, 0) is 48.2 Å². The molecule has 1 aliphatic carbocycles. The molecule has 3 nitrogen and oxygen atoms in total. The summed E-state index contributed by atoms with van der Waals surface area (Å²) in [6, 6.07) is 13.8. The molecular weight excluding hydrogens is 344 g/mol. The van der Waals surface area contributed by atoms with Gasteiger partial charge in [0.2, 0.25) is 0 Å². The Morgan fingerprint density at radius 2 is 1.56 bits per heavy atom. The fraction of sp³-hybridized carbons (Fsp3) is 0.364. The molecule has 1 unspecified atom stereocenters. The Morgan fingerprint density at radius 3 is 2.07 bits per heavy atom. The smallest absolute Gasteiger partial charge is 0.123 e. The van der Waals surface area contributed by atoms with Crippen LogP contribution in [0.15, 0.2) is 60.8 Å². The first kappa shape index (κ1) is 18.1. The van der Waals surface area contributed by atoms with E-state index in [-0.39, 0.29) is 23.7 Å². The first-order chi connectivity index (χ1) is 13.1. The van der Waals surface area contributed by atoms with E-state index in [0.29, 0.717) is 6.04 Å². The Morgan fingerprint density at radius 1 is 1.00 bits per heavy atom. The number of benzene rings is 2. The van der Waals surface area contributed by atoms with Crippen LogP contribution in [0.4, 0.5) is 8.78 Å². The first-order valence-corrected chi connectivity index (χ1v) is 9.54. The number of nitrogens with zero attached hydrogens (tertiary/aromatic N) is 1. The molecule has 4 rings (SSSR count). The molecule has 5 heteroatoms. The number of halogens is 2. The monoisotopic (exact) mass is 369 g/mol. The molecule has 142 valence electrons. The van der Waals surface area contributed by atoms with Gasteiger partial charge in [-0.3, -0.25) is 4.90 Å². The van der Waals surface area contributed by atoms with Gasteiger partial charge in [-0.25, -0.2) is 8.78 Å². The van der Waals surface area contributed by atoms with E-state index in [2.05, 4.69) is 22.1 Å². The van der Waals surface area contributed by atoms with Gasteiger partial charge in [-0.15, -0.1) is 0 Å². The largest absolute Gasteiger partial charge is 0.385 e. The van der Waals surface area contributed by atoms with E-state index in [0.717, 1.165) is 36.5 Å². The molecule has 1 saturated carbocycles. The van der Waals surface area contributed by atoms with E-state index < -0.39 is 0 Å². The lowest BCUT2D eigenvalue weighted by atomic mass is 9.94. The molecule has 27 heavy (non-hydrogen) atoms. The fourth-order valence-corrected chi connectivity index (χ4v) is 3.80. The van der Waals surface area contributed by atoms with Crippen LogP contribution in [0.3, 0.4) is 0 Å². The van der Waals surface area contributed by atoms with Crippen molar-refractivity contribution in [2.24, 2.45) is 0 Å².